The van der Waals surface area contributed by atoms with Crippen LogP contribution >= 0.6 is 36.4 Å². The van der Waals surface area contributed by atoms with Crippen molar-refractivity contribution in [3.8, 4) is 5.75 Å². The van der Waals surface area contributed by atoms with Crippen molar-refractivity contribution in [2.45, 2.75) is 55.9 Å². The van der Waals surface area contributed by atoms with Crippen LogP contribution in [-0.2, 0) is 6.42 Å². The highest BCUT2D eigenvalue weighted by Gasteiger charge is 2.30. The Morgan fingerprint density at radius 3 is 1.86 bits per heavy atom. The molecule has 1 heterocycles. The number of benzene rings is 1. The third kappa shape index (κ3) is 14.5. The third-order valence-electron chi connectivity index (χ3n) is 7.18. The molecule has 1 aromatic heterocycles. The molecule has 0 radical (unpaired) electrons. The molecule has 0 aliphatic carbocycles. The van der Waals surface area contributed by atoms with Crippen molar-refractivity contribution >= 4 is 59.9 Å². The number of unbranched alkanes of at least 4 members (excludes halogenated alkanes) is 1. The largest absolute Gasteiger partial charge is 0.492 e. The van der Waals surface area contributed by atoms with Crippen molar-refractivity contribution < 1.29 is 50.4 Å². The van der Waals surface area contributed by atoms with Gasteiger partial charge in [-0.15, -0.1) is 24.8 Å². The maximum Gasteiger partial charge on any atom is 0.283 e. The number of carbonyl (C=O) groups is 1. The molecule has 0 aliphatic rings. The molecule has 21 heteroatoms. The predicted octanol–water partition coefficient (Wildman–Crippen LogP) is -2.67. The van der Waals surface area contributed by atoms with Crippen LogP contribution in [0.3, 0.4) is 0 Å². The fourth-order valence-corrected chi connectivity index (χ4v) is 4.56. The standard InChI is InChI=1S/C28H45ClN8O10.2ClH/c29-24-26(31)35-25(30)21(34-24)27(46)37(28(32)33)8-2-1-3-15-4-6-16(7-5-15)47-10-9-36(11-17(40)22(44)19(42)13-38)12-18(41)23(45)20(43)14-39;;/h4-7,17-20,22-23,38-45H,1-3,8-14H2,(H3,32,33)(H4,30,31,35);2*1H/t17-,18-,19-,20-,22+,23+;;/m1../s1. The molecule has 15 N–H and O–H groups in total. The second-order valence-electron chi connectivity index (χ2n) is 10.8. The summed E-state index contributed by atoms with van der Waals surface area (Å²) in [6.07, 6.45) is -7.91. The lowest BCUT2D eigenvalue weighted by molar-refractivity contribution is -0.101. The Morgan fingerprint density at radius 2 is 1.37 bits per heavy atom. The minimum atomic E-state index is -1.69. The maximum absolute atomic E-state index is 12.9. The highest BCUT2D eigenvalue weighted by Crippen LogP contribution is 2.19. The number of amides is 1. The van der Waals surface area contributed by atoms with Gasteiger partial charge in [0.2, 0.25) is 0 Å². The topological polar surface area (TPSA) is 322 Å². The highest BCUT2D eigenvalue weighted by molar-refractivity contribution is 6.31. The number of hydrogen-bond donors (Lipinski definition) is 12. The first-order valence-electron chi connectivity index (χ1n) is 14.7. The van der Waals surface area contributed by atoms with E-state index in [2.05, 4.69) is 9.97 Å². The molecule has 0 fully saturated rings. The molecule has 0 saturated heterocycles. The van der Waals surface area contributed by atoms with Gasteiger partial charge in [0, 0.05) is 26.2 Å². The number of nitrogen functional groups attached to an aromatic ring is 2. The SMILES string of the molecule is Cl.Cl.N=C(N)N(CCCCc1ccc(OCCN(C[C@@H](O)[C@H](O)[C@H](O)CO)C[C@@H](O)[C@H](O)[C@H](O)CO)cc1)C(=O)c1nc(Cl)c(N)nc1N. The molecule has 2 rings (SSSR count). The van der Waals surface area contributed by atoms with Crippen molar-refractivity contribution in [3.05, 3.63) is 40.7 Å². The quantitative estimate of drug-likeness (QED) is 0.0372. The van der Waals surface area contributed by atoms with Crippen molar-refractivity contribution in [1.29, 1.82) is 5.41 Å². The van der Waals surface area contributed by atoms with E-state index in [0.29, 0.717) is 25.0 Å². The van der Waals surface area contributed by atoms with Crippen LogP contribution in [0.25, 0.3) is 0 Å². The number of anilines is 2. The van der Waals surface area contributed by atoms with E-state index in [1.807, 2.05) is 12.1 Å². The van der Waals surface area contributed by atoms with E-state index in [0.717, 1.165) is 10.5 Å². The Kier molecular flexibility index (Phi) is 21.5. The lowest BCUT2D eigenvalue weighted by Crippen LogP contribution is -2.51. The van der Waals surface area contributed by atoms with E-state index in [-0.39, 0.29) is 80.1 Å². The van der Waals surface area contributed by atoms with Crippen LogP contribution in [0.4, 0.5) is 11.6 Å². The molecule has 1 aromatic carbocycles. The summed E-state index contributed by atoms with van der Waals surface area (Å²) in [5.41, 5.74) is 17.6. The first kappa shape index (κ1) is 46.1. The number of ether oxygens (including phenoxy) is 1. The molecule has 0 unspecified atom stereocenters. The number of guanidine groups is 1. The van der Waals surface area contributed by atoms with Crippen LogP contribution in [-0.4, -0.2) is 155 Å². The molecule has 0 spiro atoms. The minimum Gasteiger partial charge on any atom is -0.492 e. The summed E-state index contributed by atoms with van der Waals surface area (Å²) in [5, 5.41) is 85.6. The van der Waals surface area contributed by atoms with Gasteiger partial charge >= 0.3 is 0 Å². The van der Waals surface area contributed by atoms with Gasteiger partial charge in [0.15, 0.2) is 28.4 Å². The number of nitrogens with two attached hydrogens (primary N) is 3. The first-order chi connectivity index (χ1) is 22.2. The Labute approximate surface area is 300 Å². The molecule has 0 aliphatic heterocycles. The first-order valence-corrected chi connectivity index (χ1v) is 15.1. The normalized spacial score (nSPS) is 14.8. The van der Waals surface area contributed by atoms with E-state index >= 15 is 0 Å². The minimum absolute atomic E-state index is 0. The number of aliphatic hydroxyl groups is 8. The molecule has 1 amide bonds. The maximum atomic E-state index is 12.9. The smallest absolute Gasteiger partial charge is 0.283 e. The second-order valence-corrected chi connectivity index (χ2v) is 11.2. The number of hydrogen-bond acceptors (Lipinski definition) is 16. The zero-order valence-corrected chi connectivity index (χ0v) is 28.8. The number of aromatic nitrogens is 2. The van der Waals surface area contributed by atoms with Crippen molar-refractivity contribution in [2.75, 3.05) is 57.5 Å². The molecule has 18 nitrogen and oxygen atoms in total. The van der Waals surface area contributed by atoms with Gasteiger partial charge in [-0.3, -0.25) is 20.0 Å². The second kappa shape index (κ2) is 22.8. The summed E-state index contributed by atoms with van der Waals surface area (Å²) >= 11 is 5.86. The zero-order chi connectivity index (χ0) is 35.3. The number of nitrogens with zero attached hydrogens (tertiary/aromatic N) is 4. The van der Waals surface area contributed by atoms with Gasteiger partial charge in [-0.25, -0.2) is 9.97 Å². The van der Waals surface area contributed by atoms with E-state index in [4.69, 9.17) is 49.2 Å². The van der Waals surface area contributed by atoms with Crippen molar-refractivity contribution in [3.63, 3.8) is 0 Å². The Bertz CT molecular complexity index is 1270. The molecule has 0 bridgehead atoms. The van der Waals surface area contributed by atoms with Gasteiger partial charge in [0.1, 0.15) is 36.8 Å². The molecule has 6 atom stereocenters. The van der Waals surface area contributed by atoms with Crippen LogP contribution in [0.1, 0.15) is 28.9 Å². The molecule has 0 saturated carbocycles. The third-order valence-corrected chi connectivity index (χ3v) is 7.46. The highest BCUT2D eigenvalue weighted by atomic mass is 35.5. The van der Waals surface area contributed by atoms with Crippen molar-refractivity contribution in [2.24, 2.45) is 5.73 Å². The van der Waals surface area contributed by atoms with Crippen LogP contribution in [0, 0.1) is 5.41 Å². The van der Waals surface area contributed by atoms with Crippen LogP contribution in [0.2, 0.25) is 5.15 Å². The predicted molar refractivity (Wildman–Crippen MR) is 185 cm³/mol. The molecular weight excluding hydrogens is 715 g/mol. The van der Waals surface area contributed by atoms with E-state index in [1.165, 1.54) is 4.90 Å². The van der Waals surface area contributed by atoms with E-state index < -0.39 is 61.7 Å². The number of nitrogens with one attached hydrogen (secondary N) is 1. The summed E-state index contributed by atoms with van der Waals surface area (Å²) < 4.78 is 5.76. The van der Waals surface area contributed by atoms with Crippen LogP contribution in [0.5, 0.6) is 5.75 Å². The monoisotopic (exact) mass is 760 g/mol. The Balaban J connectivity index is 0.0000115. The fraction of sp³-hybridized carbons (Fsp3) is 0.571. The number of carbonyl (C=O) groups excluding carboxylic acids is 1. The van der Waals surface area contributed by atoms with Gasteiger partial charge in [-0.2, -0.15) is 0 Å². The number of aliphatic hydroxyl groups excluding tert-OH is 8. The van der Waals surface area contributed by atoms with E-state index in [9.17, 15) is 35.4 Å². The summed E-state index contributed by atoms with van der Waals surface area (Å²) in [7, 11) is 0. The lowest BCUT2D eigenvalue weighted by atomic mass is 10.1. The van der Waals surface area contributed by atoms with Gasteiger partial charge in [-0.05, 0) is 37.0 Å². The zero-order valence-electron chi connectivity index (χ0n) is 26.5. The molecular formula is C28H47Cl3N8O10. The van der Waals surface area contributed by atoms with Crippen molar-refractivity contribution in [1.82, 2.24) is 19.8 Å². The van der Waals surface area contributed by atoms with Gasteiger partial charge in [-0.1, -0.05) is 23.7 Å². The molecule has 280 valence electrons. The van der Waals surface area contributed by atoms with Crippen LogP contribution < -0.4 is 21.9 Å². The molecule has 49 heavy (non-hydrogen) atoms. The van der Waals surface area contributed by atoms with Gasteiger partial charge in [0.05, 0.1) is 25.4 Å². The Morgan fingerprint density at radius 1 is 0.837 bits per heavy atom. The lowest BCUT2D eigenvalue weighted by Gasteiger charge is -2.32. The summed E-state index contributed by atoms with van der Waals surface area (Å²) in [5.74, 6) is -1.09. The fourth-order valence-electron chi connectivity index (χ4n) is 4.43. The average molecular weight is 762 g/mol. The number of rotatable bonds is 20. The number of aryl methyl sites for hydroxylation is 1. The van der Waals surface area contributed by atoms with Gasteiger partial charge in [0.25, 0.3) is 5.91 Å². The van der Waals surface area contributed by atoms with E-state index in [1.54, 1.807) is 12.1 Å². The van der Waals surface area contributed by atoms with Crippen LogP contribution in [0.15, 0.2) is 24.3 Å². The number of halogens is 3. The summed E-state index contributed by atoms with van der Waals surface area (Å²) in [6, 6.07) is 7.12. The summed E-state index contributed by atoms with van der Waals surface area (Å²) in [6.45, 7) is -1.93. The summed E-state index contributed by atoms with van der Waals surface area (Å²) in [4.78, 5) is 22.9. The average Bonchev–Trinajstić information content (AvgIpc) is 3.04. The molecule has 2 aromatic rings. The Hall–Kier alpha value is -2.85. The van der Waals surface area contributed by atoms with Gasteiger partial charge < -0.3 is 62.8 Å².